The highest BCUT2D eigenvalue weighted by Gasteiger charge is 2.42. The van der Waals surface area contributed by atoms with Crippen LogP contribution in [0.5, 0.6) is 5.75 Å². The zero-order valence-corrected chi connectivity index (χ0v) is 16.2. The predicted octanol–water partition coefficient (Wildman–Crippen LogP) is 3.40. The number of Topliss-reactive ketones (excluding diaryl/α,β-unsaturated/α-hetero) is 1. The van der Waals surface area contributed by atoms with E-state index in [0.717, 1.165) is 11.3 Å². The molecule has 1 atom stereocenters. The second-order valence-corrected chi connectivity index (χ2v) is 8.62. The van der Waals surface area contributed by atoms with Gasteiger partial charge in [0.15, 0.2) is 10.9 Å². The van der Waals surface area contributed by atoms with Gasteiger partial charge >= 0.3 is 0 Å². The minimum atomic E-state index is -0.493. The van der Waals surface area contributed by atoms with Crippen LogP contribution in [-0.4, -0.2) is 27.1 Å². The van der Waals surface area contributed by atoms with Gasteiger partial charge in [0.05, 0.1) is 5.56 Å². The number of rotatable bonds is 2. The minimum absolute atomic E-state index is 0.0471. The molecule has 1 aliphatic carbocycles. The quantitative estimate of drug-likeness (QED) is 0.543. The van der Waals surface area contributed by atoms with Gasteiger partial charge < -0.3 is 15.4 Å². The number of aromatic hydroxyl groups is 1. The first-order valence-corrected chi connectivity index (χ1v) is 10.0. The van der Waals surface area contributed by atoms with Crippen LogP contribution in [0.25, 0.3) is 0 Å². The molecule has 0 spiro atoms. The summed E-state index contributed by atoms with van der Waals surface area (Å²) in [5, 5.41) is 13.5. The molecule has 27 heavy (non-hydrogen) atoms. The van der Waals surface area contributed by atoms with Crippen LogP contribution in [-0.2, 0) is 4.79 Å². The van der Waals surface area contributed by atoms with Crippen LogP contribution < -0.4 is 10.9 Å². The van der Waals surface area contributed by atoms with Crippen LogP contribution in [0.1, 0.15) is 43.7 Å². The van der Waals surface area contributed by atoms with E-state index < -0.39 is 5.92 Å². The van der Waals surface area contributed by atoms with E-state index in [2.05, 4.69) is 29.1 Å². The molecule has 0 fully saturated rings. The standard InChI is InChI=1S/C20H21N3O3S/c1-20(2)8-12-15(13(25)9-20)14(10-4-6-11(24)7-5-10)16-17(21-12)22-19(27-3)23-18(16)26/h4-7,14,24H,8-9H2,1-3H3,(H2,21,22,23,26)/t14-/m1/s1. The molecule has 0 unspecified atom stereocenters. The number of ketones is 1. The Morgan fingerprint density at radius 2 is 1.89 bits per heavy atom. The highest BCUT2D eigenvalue weighted by atomic mass is 32.2. The second kappa shape index (κ2) is 6.27. The van der Waals surface area contributed by atoms with Gasteiger partial charge in [-0.3, -0.25) is 9.59 Å². The van der Waals surface area contributed by atoms with Crippen LogP contribution in [0.2, 0.25) is 0 Å². The Morgan fingerprint density at radius 1 is 1.19 bits per heavy atom. The van der Waals surface area contributed by atoms with Crippen molar-refractivity contribution in [1.29, 1.82) is 0 Å². The molecule has 2 aromatic rings. The first-order chi connectivity index (χ1) is 12.8. The summed E-state index contributed by atoms with van der Waals surface area (Å²) in [4.78, 5) is 33.3. The largest absolute Gasteiger partial charge is 0.508 e. The summed E-state index contributed by atoms with van der Waals surface area (Å²) in [6.45, 7) is 4.14. The number of nitrogens with zero attached hydrogens (tertiary/aromatic N) is 1. The first-order valence-electron chi connectivity index (χ1n) is 8.79. The number of hydrogen-bond acceptors (Lipinski definition) is 6. The van der Waals surface area contributed by atoms with E-state index in [1.165, 1.54) is 11.8 Å². The van der Waals surface area contributed by atoms with Crippen molar-refractivity contribution in [3.8, 4) is 5.75 Å². The monoisotopic (exact) mass is 383 g/mol. The Kier molecular flexibility index (Phi) is 4.14. The molecule has 4 rings (SSSR count). The highest BCUT2D eigenvalue weighted by molar-refractivity contribution is 7.98. The first kappa shape index (κ1) is 17.9. The van der Waals surface area contributed by atoms with Crippen LogP contribution in [0.3, 0.4) is 0 Å². The van der Waals surface area contributed by atoms with Crippen LogP contribution >= 0.6 is 11.8 Å². The summed E-state index contributed by atoms with van der Waals surface area (Å²) in [6.07, 6.45) is 3.00. The summed E-state index contributed by atoms with van der Waals surface area (Å²) >= 11 is 1.36. The molecule has 3 N–H and O–H groups in total. The summed E-state index contributed by atoms with van der Waals surface area (Å²) in [7, 11) is 0. The molecule has 1 aromatic heterocycles. The van der Waals surface area contributed by atoms with Crippen molar-refractivity contribution in [3.63, 3.8) is 0 Å². The molecule has 1 aromatic carbocycles. The third-order valence-electron chi connectivity index (χ3n) is 5.12. The number of allylic oxidation sites excluding steroid dienone is 2. The van der Waals surface area contributed by atoms with Gasteiger partial charge in [-0.1, -0.05) is 37.7 Å². The SMILES string of the molecule is CSc1nc2c(c(=O)[nH]1)[C@H](c1ccc(O)cc1)C1=C(CC(C)(C)CC1=O)N2. The Bertz CT molecular complexity index is 1020. The number of carbonyl (C=O) groups excluding carboxylic acids is 1. The van der Waals surface area contributed by atoms with Gasteiger partial charge in [-0.2, -0.15) is 0 Å². The third-order valence-corrected chi connectivity index (χ3v) is 5.70. The van der Waals surface area contributed by atoms with Gasteiger partial charge in [0, 0.05) is 23.6 Å². The van der Waals surface area contributed by atoms with E-state index in [0.29, 0.717) is 35.0 Å². The van der Waals surface area contributed by atoms with Crippen molar-refractivity contribution in [2.24, 2.45) is 5.41 Å². The maximum atomic E-state index is 13.1. The number of hydrogen-bond donors (Lipinski definition) is 3. The van der Waals surface area contributed by atoms with Crippen LogP contribution in [0.15, 0.2) is 45.5 Å². The Morgan fingerprint density at radius 3 is 2.56 bits per heavy atom. The van der Waals surface area contributed by atoms with E-state index in [1.807, 2.05) is 6.26 Å². The number of phenolic OH excluding ortho intramolecular Hbond substituents is 1. The number of aromatic amines is 1. The van der Waals surface area contributed by atoms with Crippen molar-refractivity contribution < 1.29 is 9.90 Å². The van der Waals surface area contributed by atoms with Crippen LogP contribution in [0.4, 0.5) is 5.82 Å². The number of H-pyrrole nitrogens is 1. The lowest BCUT2D eigenvalue weighted by Crippen LogP contribution is -2.37. The van der Waals surface area contributed by atoms with E-state index in [9.17, 15) is 14.7 Å². The number of anilines is 1. The number of fused-ring (bicyclic) bond motifs is 1. The van der Waals surface area contributed by atoms with Gasteiger partial charge in [-0.15, -0.1) is 0 Å². The molecule has 0 bridgehead atoms. The number of aromatic nitrogens is 2. The fourth-order valence-electron chi connectivity index (χ4n) is 3.99. The molecular weight excluding hydrogens is 362 g/mol. The lowest BCUT2D eigenvalue weighted by Gasteiger charge is -2.38. The van der Waals surface area contributed by atoms with Crippen molar-refractivity contribution >= 4 is 23.4 Å². The molecule has 0 saturated heterocycles. The number of carbonyl (C=O) groups is 1. The Hall–Kier alpha value is -2.54. The summed E-state index contributed by atoms with van der Waals surface area (Å²) < 4.78 is 0. The number of thioether (sulfide) groups is 1. The van der Waals surface area contributed by atoms with Crippen molar-refractivity contribution in [3.05, 3.63) is 57.0 Å². The summed E-state index contributed by atoms with van der Waals surface area (Å²) in [5.74, 6) is 0.201. The highest BCUT2D eigenvalue weighted by Crippen LogP contribution is 2.47. The fourth-order valence-corrected chi connectivity index (χ4v) is 4.37. The normalized spacial score (nSPS) is 20.7. The Labute approximate surface area is 161 Å². The molecule has 7 heteroatoms. The molecule has 0 radical (unpaired) electrons. The molecule has 140 valence electrons. The maximum Gasteiger partial charge on any atom is 0.257 e. The average Bonchev–Trinajstić information content (AvgIpc) is 2.59. The van der Waals surface area contributed by atoms with Gasteiger partial charge in [0.2, 0.25) is 0 Å². The van der Waals surface area contributed by atoms with Crippen molar-refractivity contribution in [2.45, 2.75) is 37.8 Å². The molecule has 2 heterocycles. The summed E-state index contributed by atoms with van der Waals surface area (Å²) in [5.41, 5.74) is 2.32. The predicted molar refractivity (Wildman–Crippen MR) is 105 cm³/mol. The zero-order valence-electron chi connectivity index (χ0n) is 15.4. The lowest BCUT2D eigenvalue weighted by molar-refractivity contribution is -0.118. The average molecular weight is 383 g/mol. The molecule has 0 saturated carbocycles. The Balaban J connectivity index is 1.97. The smallest absolute Gasteiger partial charge is 0.257 e. The number of benzene rings is 1. The van der Waals surface area contributed by atoms with Gasteiger partial charge in [0.1, 0.15) is 11.6 Å². The zero-order chi connectivity index (χ0) is 19.3. The topological polar surface area (TPSA) is 95.1 Å². The van der Waals surface area contributed by atoms with Gasteiger partial charge in [-0.25, -0.2) is 4.98 Å². The third kappa shape index (κ3) is 3.06. The number of nitrogens with one attached hydrogen (secondary N) is 2. The maximum absolute atomic E-state index is 13.1. The fraction of sp³-hybridized carbons (Fsp3) is 0.350. The van der Waals surface area contributed by atoms with Gasteiger partial charge in [0.25, 0.3) is 5.56 Å². The molecule has 1 aliphatic heterocycles. The van der Waals surface area contributed by atoms with Gasteiger partial charge in [-0.05, 0) is 35.8 Å². The molecule has 6 nitrogen and oxygen atoms in total. The second-order valence-electron chi connectivity index (χ2n) is 7.82. The van der Waals surface area contributed by atoms with E-state index in [-0.39, 0.29) is 22.5 Å². The molecule has 0 amide bonds. The van der Waals surface area contributed by atoms with E-state index in [4.69, 9.17) is 0 Å². The minimum Gasteiger partial charge on any atom is -0.508 e. The lowest BCUT2D eigenvalue weighted by atomic mass is 9.69. The van der Waals surface area contributed by atoms with Crippen LogP contribution in [0, 0.1) is 5.41 Å². The van der Waals surface area contributed by atoms with E-state index >= 15 is 0 Å². The number of phenols is 1. The van der Waals surface area contributed by atoms with E-state index in [1.54, 1.807) is 24.3 Å². The van der Waals surface area contributed by atoms with Crippen molar-refractivity contribution in [2.75, 3.05) is 11.6 Å². The molecular formula is C20H21N3O3S. The molecule has 2 aliphatic rings. The summed E-state index contributed by atoms with van der Waals surface area (Å²) in [6, 6.07) is 6.67. The van der Waals surface area contributed by atoms with Crippen molar-refractivity contribution in [1.82, 2.24) is 9.97 Å².